The number of carbonyl (C=O) groups excluding carboxylic acids is 2. The summed E-state index contributed by atoms with van der Waals surface area (Å²) in [5.74, 6) is -0.450. The van der Waals surface area contributed by atoms with Crippen LogP contribution in [0.1, 0.15) is 29.6 Å². The second-order valence-electron chi connectivity index (χ2n) is 7.24. The van der Waals surface area contributed by atoms with E-state index in [1.54, 1.807) is 24.5 Å². The topological polar surface area (TPSA) is 141 Å². The van der Waals surface area contributed by atoms with Gasteiger partial charge in [0.25, 0.3) is 12.4 Å². The molecule has 0 bridgehead atoms. The molecule has 1 aliphatic heterocycles. The fraction of sp³-hybridized carbons (Fsp3) is 0.600. The maximum Gasteiger partial charge on any atom is 0.290 e. The summed E-state index contributed by atoms with van der Waals surface area (Å²) in [5, 5.41) is 23.0. The van der Waals surface area contributed by atoms with Crippen molar-refractivity contribution in [1.82, 2.24) is 20.5 Å². The third-order valence-corrected chi connectivity index (χ3v) is 5.27. The van der Waals surface area contributed by atoms with Gasteiger partial charge in [0.2, 0.25) is 5.91 Å². The molecule has 1 aromatic rings. The second kappa shape index (κ2) is 12.9. The van der Waals surface area contributed by atoms with Gasteiger partial charge in [-0.2, -0.15) is 0 Å². The van der Waals surface area contributed by atoms with Crippen LogP contribution in [-0.2, 0) is 14.3 Å². The number of aromatic nitrogens is 1. The summed E-state index contributed by atoms with van der Waals surface area (Å²) in [6.07, 6.45) is 4.05. The van der Waals surface area contributed by atoms with Gasteiger partial charge >= 0.3 is 0 Å². The predicted molar refractivity (Wildman–Crippen MR) is 108 cm³/mol. The van der Waals surface area contributed by atoms with E-state index < -0.39 is 12.1 Å². The Bertz CT molecular complexity index is 669. The first-order valence-electron chi connectivity index (χ1n) is 10.1. The molecular formula is C20H30N4O6. The standard InChI is InChI=1S/C19H28N4O4.CH2O2/c24-17-2-1-15(18(25)21-7-8-23-9-11-27-12-10-23)13-16(17)22-19(26)14-3-5-20-6-4-14;2-1-3/h3-6,15-17,24H,1-2,7-13H2,(H,21,25)(H,22,26);1H,(H,2,3)/t15-,16+,17+;/m0./s1. The normalized spacial score (nSPS) is 24.1. The van der Waals surface area contributed by atoms with Crippen LogP contribution in [0.5, 0.6) is 0 Å². The molecule has 2 fully saturated rings. The Labute approximate surface area is 175 Å². The van der Waals surface area contributed by atoms with Crippen molar-refractivity contribution in [3.05, 3.63) is 30.1 Å². The summed E-state index contributed by atoms with van der Waals surface area (Å²) < 4.78 is 5.32. The van der Waals surface area contributed by atoms with Crippen molar-refractivity contribution in [1.29, 1.82) is 0 Å². The lowest BCUT2D eigenvalue weighted by molar-refractivity contribution is -0.127. The molecule has 3 atom stereocenters. The Balaban J connectivity index is 0.00000101. The Morgan fingerprint density at radius 3 is 2.57 bits per heavy atom. The third kappa shape index (κ3) is 7.69. The van der Waals surface area contributed by atoms with E-state index >= 15 is 0 Å². The van der Waals surface area contributed by atoms with Crippen molar-refractivity contribution in [2.24, 2.45) is 5.92 Å². The smallest absolute Gasteiger partial charge is 0.290 e. The first-order valence-corrected chi connectivity index (χ1v) is 10.1. The Morgan fingerprint density at radius 1 is 1.23 bits per heavy atom. The van der Waals surface area contributed by atoms with E-state index in [4.69, 9.17) is 14.6 Å². The van der Waals surface area contributed by atoms with Gasteiger partial charge in [-0.25, -0.2) is 0 Å². The molecule has 2 aliphatic rings. The van der Waals surface area contributed by atoms with Crippen molar-refractivity contribution in [2.75, 3.05) is 39.4 Å². The number of carboxylic acid groups (broad SMARTS) is 1. The summed E-state index contributed by atoms with van der Waals surface area (Å²) in [6, 6.07) is 2.83. The zero-order valence-corrected chi connectivity index (χ0v) is 16.9. The van der Waals surface area contributed by atoms with E-state index in [0.29, 0.717) is 31.4 Å². The van der Waals surface area contributed by atoms with Crippen LogP contribution in [0.4, 0.5) is 0 Å². The number of aliphatic hydroxyl groups is 1. The summed E-state index contributed by atoms with van der Waals surface area (Å²) in [7, 11) is 0. The molecule has 2 amide bonds. The SMILES string of the molecule is O=C(N[C@@H]1C[C@@H](C(=O)NCCN2CCOCC2)CC[C@H]1O)c1ccncc1.O=CO. The van der Waals surface area contributed by atoms with Gasteiger partial charge in [-0.05, 0) is 31.4 Å². The number of nitrogens with zero attached hydrogens (tertiary/aromatic N) is 2. The maximum absolute atomic E-state index is 12.5. The average Bonchev–Trinajstić information content (AvgIpc) is 2.77. The highest BCUT2D eigenvalue weighted by Gasteiger charge is 2.33. The fourth-order valence-electron chi connectivity index (χ4n) is 3.61. The van der Waals surface area contributed by atoms with Gasteiger partial charge < -0.3 is 25.6 Å². The van der Waals surface area contributed by atoms with Crippen LogP contribution in [-0.4, -0.2) is 89.9 Å². The van der Waals surface area contributed by atoms with Crippen LogP contribution in [0.3, 0.4) is 0 Å². The lowest BCUT2D eigenvalue weighted by Gasteiger charge is -2.33. The highest BCUT2D eigenvalue weighted by molar-refractivity contribution is 5.94. The van der Waals surface area contributed by atoms with E-state index in [2.05, 4.69) is 20.5 Å². The summed E-state index contributed by atoms with van der Waals surface area (Å²) in [6.45, 7) is 4.45. The van der Waals surface area contributed by atoms with Crippen molar-refractivity contribution in [3.63, 3.8) is 0 Å². The molecule has 1 aromatic heterocycles. The molecule has 30 heavy (non-hydrogen) atoms. The van der Waals surface area contributed by atoms with Gasteiger partial charge in [-0.3, -0.25) is 24.3 Å². The van der Waals surface area contributed by atoms with Crippen molar-refractivity contribution in [3.8, 4) is 0 Å². The molecule has 1 saturated carbocycles. The van der Waals surface area contributed by atoms with Crippen LogP contribution >= 0.6 is 0 Å². The highest BCUT2D eigenvalue weighted by atomic mass is 16.5. The van der Waals surface area contributed by atoms with Crippen molar-refractivity contribution in [2.45, 2.75) is 31.4 Å². The van der Waals surface area contributed by atoms with Gasteiger partial charge in [0, 0.05) is 50.1 Å². The number of amides is 2. The summed E-state index contributed by atoms with van der Waals surface area (Å²) >= 11 is 0. The fourth-order valence-corrected chi connectivity index (χ4v) is 3.61. The molecule has 10 nitrogen and oxygen atoms in total. The van der Waals surface area contributed by atoms with E-state index in [9.17, 15) is 14.7 Å². The number of pyridine rings is 1. The zero-order chi connectivity index (χ0) is 21.8. The predicted octanol–water partition coefficient (Wildman–Crippen LogP) is -0.510. The average molecular weight is 422 g/mol. The van der Waals surface area contributed by atoms with Crippen LogP contribution in [0, 0.1) is 5.92 Å². The summed E-state index contributed by atoms with van der Waals surface area (Å²) in [4.78, 5) is 39.3. The van der Waals surface area contributed by atoms with Crippen LogP contribution in [0.25, 0.3) is 0 Å². The molecular weight excluding hydrogens is 392 g/mol. The first kappa shape index (κ1) is 23.7. The van der Waals surface area contributed by atoms with Crippen LogP contribution < -0.4 is 10.6 Å². The second-order valence-corrected chi connectivity index (χ2v) is 7.24. The number of ether oxygens (including phenoxy) is 1. The molecule has 0 aromatic carbocycles. The number of aliphatic hydroxyl groups excluding tert-OH is 1. The van der Waals surface area contributed by atoms with Gasteiger partial charge in [0.05, 0.1) is 25.4 Å². The van der Waals surface area contributed by atoms with Crippen molar-refractivity contribution < 1.29 is 29.3 Å². The largest absolute Gasteiger partial charge is 0.483 e. The molecule has 4 N–H and O–H groups in total. The molecule has 10 heteroatoms. The molecule has 1 saturated heterocycles. The maximum atomic E-state index is 12.5. The summed E-state index contributed by atoms with van der Waals surface area (Å²) in [5.41, 5.74) is 0.495. The number of carbonyl (C=O) groups is 3. The highest BCUT2D eigenvalue weighted by Crippen LogP contribution is 2.25. The minimum absolute atomic E-state index is 0.00156. The third-order valence-electron chi connectivity index (χ3n) is 5.27. The number of hydrogen-bond acceptors (Lipinski definition) is 7. The van der Waals surface area contributed by atoms with Gasteiger partial charge in [0.1, 0.15) is 0 Å². The Morgan fingerprint density at radius 2 is 1.90 bits per heavy atom. The Hall–Kier alpha value is -2.56. The molecule has 1 aliphatic carbocycles. The van der Waals surface area contributed by atoms with E-state index in [0.717, 1.165) is 32.8 Å². The molecule has 0 radical (unpaired) electrons. The minimum Gasteiger partial charge on any atom is -0.483 e. The van der Waals surface area contributed by atoms with Crippen molar-refractivity contribution >= 4 is 18.3 Å². The Kier molecular flexibility index (Phi) is 10.2. The molecule has 166 valence electrons. The number of nitrogens with one attached hydrogen (secondary N) is 2. The van der Waals surface area contributed by atoms with E-state index in [1.165, 1.54) is 0 Å². The zero-order valence-electron chi connectivity index (χ0n) is 16.9. The lowest BCUT2D eigenvalue weighted by Crippen LogP contribution is -2.50. The van der Waals surface area contributed by atoms with Gasteiger partial charge in [-0.15, -0.1) is 0 Å². The number of hydrogen-bond donors (Lipinski definition) is 4. The first-order chi connectivity index (χ1) is 14.5. The van der Waals surface area contributed by atoms with E-state index in [-0.39, 0.29) is 24.2 Å². The minimum atomic E-state index is -0.631. The van der Waals surface area contributed by atoms with Crippen LogP contribution in [0.15, 0.2) is 24.5 Å². The van der Waals surface area contributed by atoms with Crippen LogP contribution in [0.2, 0.25) is 0 Å². The monoisotopic (exact) mass is 422 g/mol. The van der Waals surface area contributed by atoms with E-state index in [1.807, 2.05) is 0 Å². The molecule has 2 heterocycles. The lowest BCUT2D eigenvalue weighted by atomic mass is 9.83. The number of morpholine rings is 1. The molecule has 0 unspecified atom stereocenters. The quantitative estimate of drug-likeness (QED) is 0.449. The van der Waals surface area contributed by atoms with Gasteiger partial charge in [-0.1, -0.05) is 0 Å². The molecule has 3 rings (SSSR count). The van der Waals surface area contributed by atoms with Gasteiger partial charge in [0.15, 0.2) is 0 Å². The number of rotatable bonds is 6. The molecule has 0 spiro atoms.